The van der Waals surface area contributed by atoms with Gasteiger partial charge in [-0.3, -0.25) is 0 Å². The first-order chi connectivity index (χ1) is 7.24. The van der Waals surface area contributed by atoms with E-state index in [1.807, 2.05) is 18.2 Å². The standard InChI is InChI=1S/C11H14ClN3/c1-3-15(4-2)11-13-9-6-5-8(12)7-10(9)14-11/h5-7H,3-4H2,1-2H3,(H,13,14). The molecule has 0 saturated heterocycles. The van der Waals surface area contributed by atoms with Gasteiger partial charge >= 0.3 is 0 Å². The van der Waals surface area contributed by atoms with Gasteiger partial charge in [-0.25, -0.2) is 4.98 Å². The van der Waals surface area contributed by atoms with E-state index >= 15 is 0 Å². The molecule has 0 amide bonds. The monoisotopic (exact) mass is 223 g/mol. The summed E-state index contributed by atoms with van der Waals surface area (Å²) < 4.78 is 0. The van der Waals surface area contributed by atoms with Crippen molar-refractivity contribution in [3.8, 4) is 0 Å². The van der Waals surface area contributed by atoms with Gasteiger partial charge in [-0.1, -0.05) is 11.6 Å². The third-order valence-corrected chi connectivity index (χ3v) is 2.73. The zero-order valence-corrected chi connectivity index (χ0v) is 9.67. The van der Waals surface area contributed by atoms with Crippen LogP contribution >= 0.6 is 11.6 Å². The minimum atomic E-state index is 0.734. The average molecular weight is 224 g/mol. The summed E-state index contributed by atoms with van der Waals surface area (Å²) in [4.78, 5) is 9.95. The van der Waals surface area contributed by atoms with Gasteiger partial charge < -0.3 is 9.88 Å². The summed E-state index contributed by atoms with van der Waals surface area (Å²) in [6, 6.07) is 5.69. The fraction of sp³-hybridized carbons (Fsp3) is 0.364. The van der Waals surface area contributed by atoms with Crippen LogP contribution in [-0.4, -0.2) is 23.1 Å². The molecule has 0 spiro atoms. The fourth-order valence-corrected chi connectivity index (χ4v) is 1.81. The lowest BCUT2D eigenvalue weighted by molar-refractivity contribution is 0.835. The lowest BCUT2D eigenvalue weighted by Gasteiger charge is -2.16. The van der Waals surface area contributed by atoms with Crippen molar-refractivity contribution in [2.24, 2.45) is 0 Å². The Kier molecular flexibility index (Phi) is 2.82. The van der Waals surface area contributed by atoms with Crippen LogP contribution in [0.3, 0.4) is 0 Å². The highest BCUT2D eigenvalue weighted by atomic mass is 35.5. The van der Waals surface area contributed by atoms with E-state index in [0.29, 0.717) is 0 Å². The van der Waals surface area contributed by atoms with E-state index in [-0.39, 0.29) is 0 Å². The van der Waals surface area contributed by atoms with Crippen LogP contribution in [-0.2, 0) is 0 Å². The van der Waals surface area contributed by atoms with Crippen molar-refractivity contribution in [3.63, 3.8) is 0 Å². The Labute approximate surface area is 94.1 Å². The zero-order chi connectivity index (χ0) is 10.8. The van der Waals surface area contributed by atoms with E-state index in [1.165, 1.54) is 0 Å². The number of anilines is 1. The quantitative estimate of drug-likeness (QED) is 0.868. The summed E-state index contributed by atoms with van der Waals surface area (Å²) in [5.41, 5.74) is 1.95. The number of nitrogens with one attached hydrogen (secondary N) is 1. The molecular formula is C11H14ClN3. The van der Waals surface area contributed by atoms with Crippen LogP contribution in [0, 0.1) is 0 Å². The highest BCUT2D eigenvalue weighted by Gasteiger charge is 2.07. The highest BCUT2D eigenvalue weighted by Crippen LogP contribution is 2.20. The van der Waals surface area contributed by atoms with Crippen molar-refractivity contribution in [2.75, 3.05) is 18.0 Å². The lowest BCUT2D eigenvalue weighted by Crippen LogP contribution is -2.22. The molecule has 1 aromatic carbocycles. The van der Waals surface area contributed by atoms with Crippen molar-refractivity contribution in [2.45, 2.75) is 13.8 Å². The fourth-order valence-electron chi connectivity index (χ4n) is 1.64. The molecule has 0 bridgehead atoms. The molecule has 4 heteroatoms. The summed E-state index contributed by atoms with van der Waals surface area (Å²) >= 11 is 5.91. The maximum Gasteiger partial charge on any atom is 0.203 e. The van der Waals surface area contributed by atoms with Crippen molar-refractivity contribution in [1.82, 2.24) is 9.97 Å². The number of imidazole rings is 1. The van der Waals surface area contributed by atoms with Crippen LogP contribution in [0.1, 0.15) is 13.8 Å². The number of aromatic nitrogens is 2. The first-order valence-corrected chi connectivity index (χ1v) is 5.52. The van der Waals surface area contributed by atoms with Crippen molar-refractivity contribution < 1.29 is 0 Å². The summed E-state index contributed by atoms with van der Waals surface area (Å²) in [6.07, 6.45) is 0. The lowest BCUT2D eigenvalue weighted by atomic mass is 10.3. The third-order valence-electron chi connectivity index (χ3n) is 2.49. The molecule has 0 aliphatic rings. The molecule has 0 radical (unpaired) electrons. The van der Waals surface area contributed by atoms with Crippen molar-refractivity contribution in [1.29, 1.82) is 0 Å². The molecule has 2 aromatic rings. The van der Waals surface area contributed by atoms with Gasteiger partial charge in [0.25, 0.3) is 0 Å². The Morgan fingerprint density at radius 1 is 1.33 bits per heavy atom. The van der Waals surface area contributed by atoms with Crippen LogP contribution in [0.2, 0.25) is 5.02 Å². The summed E-state index contributed by atoms with van der Waals surface area (Å²) in [7, 11) is 0. The number of nitrogens with zero attached hydrogens (tertiary/aromatic N) is 2. The Morgan fingerprint density at radius 2 is 2.07 bits per heavy atom. The van der Waals surface area contributed by atoms with Gasteiger partial charge in [-0.2, -0.15) is 0 Å². The molecule has 80 valence electrons. The van der Waals surface area contributed by atoms with Gasteiger partial charge in [0.2, 0.25) is 5.95 Å². The van der Waals surface area contributed by atoms with Gasteiger partial charge in [0.15, 0.2) is 0 Å². The highest BCUT2D eigenvalue weighted by molar-refractivity contribution is 6.31. The van der Waals surface area contributed by atoms with E-state index in [4.69, 9.17) is 11.6 Å². The van der Waals surface area contributed by atoms with Gasteiger partial charge in [0.05, 0.1) is 11.0 Å². The number of aromatic amines is 1. The summed E-state index contributed by atoms with van der Waals surface area (Å²) in [6.45, 7) is 6.13. The topological polar surface area (TPSA) is 31.9 Å². The smallest absolute Gasteiger partial charge is 0.203 e. The summed E-state index contributed by atoms with van der Waals surface area (Å²) in [5, 5.41) is 0.734. The molecule has 0 saturated carbocycles. The summed E-state index contributed by atoms with van der Waals surface area (Å²) in [5.74, 6) is 0.914. The van der Waals surface area contributed by atoms with Gasteiger partial charge in [-0.15, -0.1) is 0 Å². The van der Waals surface area contributed by atoms with Crippen LogP contribution in [0.25, 0.3) is 11.0 Å². The largest absolute Gasteiger partial charge is 0.343 e. The Balaban J connectivity index is 2.46. The minimum Gasteiger partial charge on any atom is -0.343 e. The van der Waals surface area contributed by atoms with Crippen LogP contribution in [0.4, 0.5) is 5.95 Å². The number of benzene rings is 1. The number of hydrogen-bond acceptors (Lipinski definition) is 2. The van der Waals surface area contributed by atoms with E-state index in [9.17, 15) is 0 Å². The number of H-pyrrole nitrogens is 1. The Morgan fingerprint density at radius 3 is 2.73 bits per heavy atom. The van der Waals surface area contributed by atoms with Gasteiger partial charge in [0.1, 0.15) is 0 Å². The molecule has 1 aromatic heterocycles. The van der Waals surface area contributed by atoms with Gasteiger partial charge in [0, 0.05) is 18.1 Å². The normalized spacial score (nSPS) is 10.9. The number of fused-ring (bicyclic) bond motifs is 1. The molecule has 2 rings (SSSR count). The number of hydrogen-bond donors (Lipinski definition) is 1. The maximum absolute atomic E-state index is 5.91. The molecule has 0 unspecified atom stereocenters. The first-order valence-electron chi connectivity index (χ1n) is 5.14. The molecule has 0 aliphatic heterocycles. The van der Waals surface area contributed by atoms with Gasteiger partial charge in [-0.05, 0) is 32.0 Å². The average Bonchev–Trinajstić information content (AvgIpc) is 2.62. The Bertz CT molecular complexity index is 460. The predicted octanol–water partition coefficient (Wildman–Crippen LogP) is 3.06. The van der Waals surface area contributed by atoms with E-state index < -0.39 is 0 Å². The predicted molar refractivity (Wildman–Crippen MR) is 64.7 cm³/mol. The molecule has 0 atom stereocenters. The van der Waals surface area contributed by atoms with E-state index in [0.717, 1.165) is 35.1 Å². The Hall–Kier alpha value is -1.22. The molecule has 3 nitrogen and oxygen atoms in total. The molecular weight excluding hydrogens is 210 g/mol. The molecule has 1 N–H and O–H groups in total. The molecule has 0 fully saturated rings. The second-order valence-electron chi connectivity index (χ2n) is 3.39. The molecule has 15 heavy (non-hydrogen) atoms. The van der Waals surface area contributed by atoms with Crippen molar-refractivity contribution in [3.05, 3.63) is 23.2 Å². The molecule has 0 aliphatic carbocycles. The minimum absolute atomic E-state index is 0.734. The van der Waals surface area contributed by atoms with Crippen LogP contribution < -0.4 is 4.90 Å². The number of rotatable bonds is 3. The van der Waals surface area contributed by atoms with Crippen LogP contribution in [0.15, 0.2) is 18.2 Å². The second kappa shape index (κ2) is 4.11. The molecule has 1 heterocycles. The second-order valence-corrected chi connectivity index (χ2v) is 3.83. The third kappa shape index (κ3) is 1.92. The first kappa shape index (κ1) is 10.3. The zero-order valence-electron chi connectivity index (χ0n) is 8.92. The van der Waals surface area contributed by atoms with E-state index in [2.05, 4.69) is 28.7 Å². The van der Waals surface area contributed by atoms with Crippen LogP contribution in [0.5, 0.6) is 0 Å². The SMILES string of the molecule is CCN(CC)c1nc2ccc(Cl)cc2[nH]1. The number of halogens is 1. The van der Waals surface area contributed by atoms with E-state index in [1.54, 1.807) is 0 Å². The van der Waals surface area contributed by atoms with Crippen molar-refractivity contribution >= 4 is 28.6 Å². The maximum atomic E-state index is 5.91.